The monoisotopic (exact) mass is 442 g/mol. The van der Waals surface area contributed by atoms with Crippen LogP contribution in [0, 0.1) is 0 Å². The van der Waals surface area contributed by atoms with Crippen molar-refractivity contribution in [1.29, 1.82) is 0 Å². The zero-order valence-electron chi connectivity index (χ0n) is 15.5. The van der Waals surface area contributed by atoms with E-state index in [2.05, 4.69) is 10.5 Å². The molecule has 0 saturated carbocycles. The number of rotatable bonds is 7. The first kappa shape index (κ1) is 21.4. The van der Waals surface area contributed by atoms with Crippen molar-refractivity contribution in [2.75, 3.05) is 6.61 Å². The molecule has 30 heavy (non-hydrogen) atoms. The van der Waals surface area contributed by atoms with Gasteiger partial charge in [0.05, 0.1) is 16.8 Å². The number of amides is 1. The fourth-order valence-corrected chi connectivity index (χ4v) is 2.84. The number of hydrogen-bond donors (Lipinski definition) is 1. The van der Waals surface area contributed by atoms with Gasteiger partial charge in [-0.1, -0.05) is 53.5 Å². The van der Waals surface area contributed by atoms with E-state index < -0.39 is 11.9 Å². The predicted molar refractivity (Wildman–Crippen MR) is 116 cm³/mol. The van der Waals surface area contributed by atoms with Gasteiger partial charge in [-0.05, 0) is 48.0 Å². The SMILES string of the molecule is O=C(COc1ccccc1)NN=Cc1cccc(OC(=O)c2ccc(Cl)cc2Cl)c1. The highest BCUT2D eigenvalue weighted by Crippen LogP contribution is 2.23. The Bertz CT molecular complexity index is 1070. The van der Waals surface area contributed by atoms with Gasteiger partial charge in [0.1, 0.15) is 11.5 Å². The van der Waals surface area contributed by atoms with E-state index in [0.717, 1.165) is 0 Å². The van der Waals surface area contributed by atoms with Crippen LogP contribution in [0.4, 0.5) is 0 Å². The lowest BCUT2D eigenvalue weighted by Gasteiger charge is -2.07. The van der Waals surface area contributed by atoms with Crippen molar-refractivity contribution in [1.82, 2.24) is 5.43 Å². The molecule has 1 amide bonds. The summed E-state index contributed by atoms with van der Waals surface area (Å²) in [6.45, 7) is -0.166. The van der Waals surface area contributed by atoms with Gasteiger partial charge in [0.25, 0.3) is 5.91 Å². The van der Waals surface area contributed by atoms with E-state index in [4.69, 9.17) is 32.7 Å². The van der Waals surface area contributed by atoms with Crippen LogP contribution in [0.5, 0.6) is 11.5 Å². The van der Waals surface area contributed by atoms with Crippen molar-refractivity contribution < 1.29 is 19.1 Å². The Balaban J connectivity index is 1.54. The third-order valence-electron chi connectivity index (χ3n) is 3.74. The number of hydrogen-bond acceptors (Lipinski definition) is 5. The Labute approximate surface area is 183 Å². The number of nitrogens with one attached hydrogen (secondary N) is 1. The molecule has 1 N–H and O–H groups in total. The van der Waals surface area contributed by atoms with Crippen LogP contribution in [-0.4, -0.2) is 24.7 Å². The lowest BCUT2D eigenvalue weighted by Crippen LogP contribution is -2.24. The molecule has 3 rings (SSSR count). The number of carbonyl (C=O) groups excluding carboxylic acids is 2. The highest BCUT2D eigenvalue weighted by Gasteiger charge is 2.13. The number of nitrogens with zero attached hydrogens (tertiary/aromatic N) is 1. The molecular weight excluding hydrogens is 427 g/mol. The van der Waals surface area contributed by atoms with E-state index in [1.54, 1.807) is 42.5 Å². The zero-order valence-corrected chi connectivity index (χ0v) is 17.1. The van der Waals surface area contributed by atoms with Gasteiger partial charge in [-0.15, -0.1) is 0 Å². The van der Waals surface area contributed by atoms with E-state index in [-0.39, 0.29) is 17.2 Å². The smallest absolute Gasteiger partial charge is 0.345 e. The molecule has 6 nitrogen and oxygen atoms in total. The third kappa shape index (κ3) is 6.34. The number of hydrazone groups is 1. The molecule has 3 aromatic rings. The summed E-state index contributed by atoms with van der Waals surface area (Å²) in [6.07, 6.45) is 1.42. The Kier molecular flexibility index (Phi) is 7.43. The van der Waals surface area contributed by atoms with Gasteiger partial charge >= 0.3 is 5.97 Å². The van der Waals surface area contributed by atoms with Gasteiger partial charge in [0.15, 0.2) is 6.61 Å². The van der Waals surface area contributed by atoms with Crippen LogP contribution in [0.3, 0.4) is 0 Å². The maximum Gasteiger partial charge on any atom is 0.345 e. The second-order valence-corrected chi connectivity index (χ2v) is 6.82. The summed E-state index contributed by atoms with van der Waals surface area (Å²) >= 11 is 11.9. The minimum atomic E-state index is -0.614. The Hall–Kier alpha value is -3.35. The van der Waals surface area contributed by atoms with E-state index >= 15 is 0 Å². The van der Waals surface area contributed by atoms with Crippen LogP contribution in [0.25, 0.3) is 0 Å². The number of para-hydroxylation sites is 1. The fraction of sp³-hybridized carbons (Fsp3) is 0.0455. The van der Waals surface area contributed by atoms with Crippen LogP contribution in [0.15, 0.2) is 77.9 Å². The van der Waals surface area contributed by atoms with Crippen molar-refractivity contribution in [2.45, 2.75) is 0 Å². The van der Waals surface area contributed by atoms with Gasteiger partial charge in [0.2, 0.25) is 0 Å². The molecule has 0 aliphatic rings. The summed E-state index contributed by atoms with van der Waals surface area (Å²) in [7, 11) is 0. The molecule has 0 unspecified atom stereocenters. The standard InChI is InChI=1S/C22H16Cl2N2O4/c23-16-9-10-19(20(24)12-16)22(28)30-18-8-4-5-15(11-18)13-25-26-21(27)14-29-17-6-2-1-3-7-17/h1-13H,14H2,(H,26,27). The van der Waals surface area contributed by atoms with Crippen LogP contribution < -0.4 is 14.9 Å². The van der Waals surface area contributed by atoms with Gasteiger partial charge in [-0.3, -0.25) is 4.79 Å². The van der Waals surface area contributed by atoms with Gasteiger partial charge in [0, 0.05) is 5.02 Å². The number of carbonyl (C=O) groups is 2. The largest absolute Gasteiger partial charge is 0.484 e. The Morgan fingerprint density at radius 2 is 1.70 bits per heavy atom. The molecule has 0 aliphatic carbocycles. The minimum Gasteiger partial charge on any atom is -0.484 e. The molecule has 8 heteroatoms. The molecule has 3 aromatic carbocycles. The van der Waals surface area contributed by atoms with E-state index in [9.17, 15) is 9.59 Å². The van der Waals surface area contributed by atoms with Crippen molar-refractivity contribution in [2.24, 2.45) is 5.10 Å². The van der Waals surface area contributed by atoms with Crippen LogP contribution in [-0.2, 0) is 4.79 Å². The summed E-state index contributed by atoms with van der Waals surface area (Å²) in [4.78, 5) is 24.1. The maximum absolute atomic E-state index is 12.3. The lowest BCUT2D eigenvalue weighted by molar-refractivity contribution is -0.123. The maximum atomic E-state index is 12.3. The lowest BCUT2D eigenvalue weighted by atomic mass is 10.2. The zero-order chi connectivity index (χ0) is 21.3. The number of ether oxygens (including phenoxy) is 2. The van der Waals surface area contributed by atoms with Crippen LogP contribution >= 0.6 is 23.2 Å². The van der Waals surface area contributed by atoms with Crippen molar-refractivity contribution in [3.63, 3.8) is 0 Å². The molecule has 0 saturated heterocycles. The van der Waals surface area contributed by atoms with Crippen molar-refractivity contribution in [3.05, 3.63) is 94.0 Å². The molecule has 0 heterocycles. The molecule has 0 spiro atoms. The number of halogens is 2. The van der Waals surface area contributed by atoms with Crippen LogP contribution in [0.2, 0.25) is 10.0 Å². The first-order chi connectivity index (χ1) is 14.5. The first-order valence-electron chi connectivity index (χ1n) is 8.78. The van der Waals surface area contributed by atoms with E-state index in [0.29, 0.717) is 22.1 Å². The Morgan fingerprint density at radius 1 is 0.933 bits per heavy atom. The Morgan fingerprint density at radius 3 is 2.47 bits per heavy atom. The van der Waals surface area contributed by atoms with Gasteiger partial charge in [-0.25, -0.2) is 10.2 Å². The van der Waals surface area contributed by atoms with Crippen molar-refractivity contribution in [3.8, 4) is 11.5 Å². The summed E-state index contributed by atoms with van der Waals surface area (Å²) < 4.78 is 10.7. The second kappa shape index (κ2) is 10.4. The predicted octanol–water partition coefficient (Wildman–Crippen LogP) is 4.74. The number of benzene rings is 3. The van der Waals surface area contributed by atoms with Gasteiger partial charge in [-0.2, -0.15) is 5.10 Å². The van der Waals surface area contributed by atoms with E-state index in [1.165, 1.54) is 18.3 Å². The molecule has 0 bridgehead atoms. The molecule has 0 radical (unpaired) electrons. The summed E-state index contributed by atoms with van der Waals surface area (Å²) in [5, 5.41) is 4.50. The average molecular weight is 443 g/mol. The second-order valence-electron chi connectivity index (χ2n) is 5.98. The van der Waals surface area contributed by atoms with Crippen molar-refractivity contribution >= 4 is 41.3 Å². The fourth-order valence-electron chi connectivity index (χ4n) is 2.35. The summed E-state index contributed by atoms with van der Waals surface area (Å²) in [5.74, 6) is -0.132. The summed E-state index contributed by atoms with van der Waals surface area (Å²) in [6, 6.07) is 20.1. The number of esters is 1. The first-order valence-corrected chi connectivity index (χ1v) is 9.54. The topological polar surface area (TPSA) is 77.0 Å². The molecule has 0 fully saturated rings. The minimum absolute atomic E-state index is 0.166. The summed E-state index contributed by atoms with van der Waals surface area (Å²) in [5.41, 5.74) is 3.19. The quantitative estimate of drug-likeness (QED) is 0.248. The van der Waals surface area contributed by atoms with E-state index in [1.807, 2.05) is 18.2 Å². The third-order valence-corrected chi connectivity index (χ3v) is 4.28. The normalized spacial score (nSPS) is 10.6. The molecule has 0 aliphatic heterocycles. The molecular formula is C22H16Cl2N2O4. The highest BCUT2D eigenvalue weighted by atomic mass is 35.5. The van der Waals surface area contributed by atoms with Gasteiger partial charge < -0.3 is 9.47 Å². The molecule has 0 aromatic heterocycles. The average Bonchev–Trinajstić information content (AvgIpc) is 2.73. The molecule has 152 valence electrons. The highest BCUT2D eigenvalue weighted by molar-refractivity contribution is 6.36. The van der Waals surface area contributed by atoms with Crippen LogP contribution in [0.1, 0.15) is 15.9 Å². The molecule has 0 atom stereocenters.